The number of hydrogen-bond donors (Lipinski definition) is 2. The maximum atomic E-state index is 11.6. The summed E-state index contributed by atoms with van der Waals surface area (Å²) in [7, 11) is 0. The van der Waals surface area contributed by atoms with E-state index in [4.69, 9.17) is 4.52 Å². The SMILES string of the molecule is Cc1noc(-c2ccc(-c3ccc(C4(C(=O)O)CC4)cc3)cc2)c1C(O)c1cn(C(C)c2ccccc2)nn1. The lowest BCUT2D eigenvalue weighted by atomic mass is 9.93. The molecule has 0 radical (unpaired) electrons. The predicted octanol–water partition coefficient (Wildman–Crippen LogP) is 5.72. The summed E-state index contributed by atoms with van der Waals surface area (Å²) in [4.78, 5) is 11.6. The van der Waals surface area contributed by atoms with Crippen LogP contribution in [0.5, 0.6) is 0 Å². The smallest absolute Gasteiger partial charge is 0.314 e. The molecule has 2 unspecified atom stereocenters. The molecule has 8 nitrogen and oxygen atoms in total. The van der Waals surface area contributed by atoms with Crippen LogP contribution in [0.3, 0.4) is 0 Å². The molecule has 196 valence electrons. The molecule has 0 amide bonds. The van der Waals surface area contributed by atoms with E-state index in [-0.39, 0.29) is 6.04 Å². The summed E-state index contributed by atoms with van der Waals surface area (Å²) in [6.07, 6.45) is 2.06. The maximum absolute atomic E-state index is 11.6. The second-order valence-corrected chi connectivity index (χ2v) is 10.2. The zero-order valence-corrected chi connectivity index (χ0v) is 21.7. The predicted molar refractivity (Wildman–Crippen MR) is 145 cm³/mol. The molecule has 6 rings (SSSR count). The number of carboxylic acid groups (broad SMARTS) is 1. The van der Waals surface area contributed by atoms with Crippen LogP contribution in [0, 0.1) is 6.92 Å². The first-order valence-corrected chi connectivity index (χ1v) is 12.9. The van der Waals surface area contributed by atoms with Gasteiger partial charge in [-0.05, 0) is 48.9 Å². The van der Waals surface area contributed by atoms with Crippen LogP contribution in [-0.4, -0.2) is 36.3 Å². The average molecular weight is 521 g/mol. The van der Waals surface area contributed by atoms with Gasteiger partial charge in [0.2, 0.25) is 0 Å². The molecule has 0 saturated heterocycles. The molecule has 0 bridgehead atoms. The van der Waals surface area contributed by atoms with Crippen molar-refractivity contribution in [1.82, 2.24) is 20.2 Å². The number of aliphatic hydroxyl groups is 1. The molecule has 1 aliphatic carbocycles. The van der Waals surface area contributed by atoms with Crippen LogP contribution in [0.25, 0.3) is 22.5 Å². The first-order chi connectivity index (χ1) is 18.9. The number of aliphatic carboxylic acids is 1. The van der Waals surface area contributed by atoms with E-state index in [0.29, 0.717) is 35.6 Å². The molecular weight excluding hydrogens is 492 g/mol. The van der Waals surface area contributed by atoms with Crippen molar-refractivity contribution in [3.63, 3.8) is 0 Å². The fraction of sp³-hybridized carbons (Fsp3) is 0.226. The average Bonchev–Trinajstić information content (AvgIpc) is 3.48. The molecule has 8 heteroatoms. The van der Waals surface area contributed by atoms with E-state index in [0.717, 1.165) is 27.8 Å². The van der Waals surface area contributed by atoms with Gasteiger partial charge in [0.1, 0.15) is 11.8 Å². The minimum atomic E-state index is -1.06. The lowest BCUT2D eigenvalue weighted by molar-refractivity contribution is -0.140. The summed E-state index contributed by atoms with van der Waals surface area (Å²) in [5.74, 6) is -0.280. The Hall–Kier alpha value is -4.56. The van der Waals surface area contributed by atoms with Crippen LogP contribution >= 0.6 is 0 Å². The monoisotopic (exact) mass is 520 g/mol. The Kier molecular flexibility index (Phi) is 6.12. The standard InChI is InChI=1S/C31H28N4O4/c1-19-27(28(36)26-18-35(34-32-26)20(2)21-6-4-3-5-7-21)29(39-33-19)24-10-8-22(9-11-24)23-12-14-25(15-13-23)31(16-17-31)30(37)38/h3-15,18,20,28,36H,16-17H2,1-2H3,(H,37,38). The van der Waals surface area contributed by atoms with Gasteiger partial charge < -0.3 is 14.7 Å². The second kappa shape index (κ2) is 9.63. The van der Waals surface area contributed by atoms with E-state index >= 15 is 0 Å². The van der Waals surface area contributed by atoms with E-state index in [1.54, 1.807) is 17.8 Å². The van der Waals surface area contributed by atoms with E-state index in [1.807, 2.05) is 85.8 Å². The van der Waals surface area contributed by atoms with Crippen LogP contribution < -0.4 is 0 Å². The van der Waals surface area contributed by atoms with Crippen molar-refractivity contribution in [2.24, 2.45) is 0 Å². The summed E-state index contributed by atoms with van der Waals surface area (Å²) in [6.45, 7) is 3.82. The Bertz CT molecular complexity index is 1620. The third-order valence-electron chi connectivity index (χ3n) is 7.75. The molecule has 1 fully saturated rings. The van der Waals surface area contributed by atoms with Gasteiger partial charge in [-0.3, -0.25) is 4.79 Å². The Morgan fingerprint density at radius 2 is 1.56 bits per heavy atom. The molecule has 2 aromatic heterocycles. The zero-order chi connectivity index (χ0) is 27.1. The summed E-state index contributed by atoms with van der Waals surface area (Å²) >= 11 is 0. The lowest BCUT2D eigenvalue weighted by Gasteiger charge is -2.12. The molecule has 2 heterocycles. The van der Waals surface area contributed by atoms with Gasteiger partial charge in [-0.2, -0.15) is 0 Å². The van der Waals surface area contributed by atoms with E-state index < -0.39 is 17.5 Å². The summed E-state index contributed by atoms with van der Waals surface area (Å²) in [5, 5.41) is 33.5. The number of aliphatic hydroxyl groups excluding tert-OH is 1. The fourth-order valence-corrected chi connectivity index (χ4v) is 5.09. The summed E-state index contributed by atoms with van der Waals surface area (Å²) in [5.41, 5.74) is 5.52. The largest absolute Gasteiger partial charge is 0.481 e. The number of aromatic nitrogens is 4. The number of rotatable bonds is 8. The van der Waals surface area contributed by atoms with Crippen molar-refractivity contribution in [2.75, 3.05) is 0 Å². The van der Waals surface area contributed by atoms with Crippen LogP contribution in [0.4, 0.5) is 0 Å². The molecule has 2 N–H and O–H groups in total. The van der Waals surface area contributed by atoms with Crippen molar-refractivity contribution >= 4 is 5.97 Å². The number of nitrogens with zero attached hydrogens (tertiary/aromatic N) is 4. The topological polar surface area (TPSA) is 114 Å². The summed E-state index contributed by atoms with van der Waals surface area (Å²) < 4.78 is 7.39. The third-order valence-corrected chi connectivity index (χ3v) is 7.75. The Balaban J connectivity index is 1.24. The van der Waals surface area contributed by atoms with Crippen LogP contribution in [0.15, 0.2) is 89.6 Å². The number of hydrogen-bond acceptors (Lipinski definition) is 6. The Labute approximate surface area is 225 Å². The quantitative estimate of drug-likeness (QED) is 0.269. The molecule has 2 atom stereocenters. The van der Waals surface area contributed by atoms with Crippen molar-refractivity contribution < 1.29 is 19.5 Å². The van der Waals surface area contributed by atoms with Gasteiger partial charge in [0, 0.05) is 5.56 Å². The normalized spacial score (nSPS) is 15.6. The van der Waals surface area contributed by atoms with Crippen LogP contribution in [-0.2, 0) is 10.2 Å². The molecule has 3 aromatic carbocycles. The van der Waals surface area contributed by atoms with Crippen LogP contribution in [0.1, 0.15) is 60.0 Å². The zero-order valence-electron chi connectivity index (χ0n) is 21.7. The van der Waals surface area contributed by atoms with Crippen molar-refractivity contribution in [3.05, 3.63) is 113 Å². The molecule has 1 saturated carbocycles. The number of carbonyl (C=O) groups is 1. The highest BCUT2D eigenvalue weighted by Gasteiger charge is 2.51. The van der Waals surface area contributed by atoms with Crippen molar-refractivity contribution in [1.29, 1.82) is 0 Å². The summed E-state index contributed by atoms with van der Waals surface area (Å²) in [6, 6.07) is 25.5. The highest BCUT2D eigenvalue weighted by atomic mass is 16.5. The molecule has 39 heavy (non-hydrogen) atoms. The molecule has 1 aliphatic rings. The van der Waals surface area contributed by atoms with Gasteiger partial charge in [0.05, 0.1) is 28.9 Å². The number of benzene rings is 3. The molecule has 0 aliphatic heterocycles. The van der Waals surface area contributed by atoms with Crippen LogP contribution in [0.2, 0.25) is 0 Å². The highest BCUT2D eigenvalue weighted by Crippen LogP contribution is 2.48. The highest BCUT2D eigenvalue weighted by molar-refractivity contribution is 5.85. The third kappa shape index (κ3) is 4.42. The van der Waals surface area contributed by atoms with Crippen molar-refractivity contribution in [3.8, 4) is 22.5 Å². The second-order valence-electron chi connectivity index (χ2n) is 10.2. The van der Waals surface area contributed by atoms with Gasteiger partial charge in [-0.25, -0.2) is 4.68 Å². The Morgan fingerprint density at radius 1 is 0.949 bits per heavy atom. The van der Waals surface area contributed by atoms with Crippen molar-refractivity contribution in [2.45, 2.75) is 44.2 Å². The van der Waals surface area contributed by atoms with Gasteiger partial charge in [0.25, 0.3) is 0 Å². The lowest BCUT2D eigenvalue weighted by Crippen LogP contribution is -2.19. The number of aryl methyl sites for hydroxylation is 1. The van der Waals surface area contributed by atoms with E-state index in [1.165, 1.54) is 0 Å². The Morgan fingerprint density at radius 3 is 2.18 bits per heavy atom. The maximum Gasteiger partial charge on any atom is 0.314 e. The first kappa shape index (κ1) is 24.8. The van der Waals surface area contributed by atoms with E-state index in [2.05, 4.69) is 15.5 Å². The minimum Gasteiger partial charge on any atom is -0.481 e. The number of carboxylic acids is 1. The molecule has 0 spiro atoms. The van der Waals surface area contributed by atoms with Gasteiger partial charge in [-0.1, -0.05) is 89.2 Å². The van der Waals surface area contributed by atoms with Gasteiger partial charge >= 0.3 is 5.97 Å². The van der Waals surface area contributed by atoms with E-state index in [9.17, 15) is 15.0 Å². The first-order valence-electron chi connectivity index (χ1n) is 12.9. The minimum absolute atomic E-state index is 0.0387. The molecule has 5 aromatic rings. The van der Waals surface area contributed by atoms with Gasteiger partial charge in [-0.15, -0.1) is 5.10 Å². The molecular formula is C31H28N4O4. The fourth-order valence-electron chi connectivity index (χ4n) is 5.09. The van der Waals surface area contributed by atoms with Gasteiger partial charge in [0.15, 0.2) is 5.76 Å².